The summed E-state index contributed by atoms with van der Waals surface area (Å²) in [4.78, 5) is 12.6. The Morgan fingerprint density at radius 3 is 2.56 bits per heavy atom. The van der Waals surface area contributed by atoms with Crippen molar-refractivity contribution in [1.29, 1.82) is 0 Å². The summed E-state index contributed by atoms with van der Waals surface area (Å²) in [5.74, 6) is -0.711. The van der Waals surface area contributed by atoms with Crippen LogP contribution in [0.5, 0.6) is 0 Å². The van der Waals surface area contributed by atoms with Crippen LogP contribution in [-0.4, -0.2) is 15.8 Å². The Morgan fingerprint density at radius 2 is 2.06 bits per heavy atom. The van der Waals surface area contributed by atoms with Crippen LogP contribution in [0, 0.1) is 12.1 Å². The van der Waals surface area contributed by atoms with Crippen molar-refractivity contribution in [2.24, 2.45) is 5.73 Å². The molecule has 16 heavy (non-hydrogen) atoms. The fourth-order valence-corrected chi connectivity index (χ4v) is 1.39. The topological polar surface area (TPSA) is 87.9 Å². The molecule has 0 bridgehead atoms. The normalized spacial score (nSPS) is 10.3. The van der Waals surface area contributed by atoms with Crippen molar-refractivity contribution in [1.82, 2.24) is 9.90 Å². The number of para-hydroxylation sites is 1. The molecule has 0 spiro atoms. The molecule has 6 nitrogen and oxygen atoms in total. The summed E-state index contributed by atoms with van der Waals surface area (Å²) in [5, 5.41) is 15.6. The molecule has 1 aromatic heterocycles. The molecule has 1 amide bonds. The van der Waals surface area contributed by atoms with Gasteiger partial charge >= 0.3 is 5.69 Å². The molecule has 0 aliphatic heterocycles. The van der Waals surface area contributed by atoms with Crippen LogP contribution in [0.1, 0.15) is 16.2 Å². The van der Waals surface area contributed by atoms with E-state index < -0.39 is 5.91 Å². The molecule has 2 rings (SSSR count). The highest BCUT2D eigenvalue weighted by atomic mass is 16.5. The largest absolute Gasteiger partial charge is 0.692 e. The third-order valence-corrected chi connectivity index (χ3v) is 2.22. The molecule has 0 saturated heterocycles. The third-order valence-electron chi connectivity index (χ3n) is 2.22. The molecule has 0 aliphatic rings. The highest BCUT2D eigenvalue weighted by Gasteiger charge is 2.24. The molecule has 0 atom stereocenters. The zero-order valence-electron chi connectivity index (χ0n) is 8.62. The number of nitrogens with zero attached hydrogens (tertiary/aromatic N) is 3. The first kappa shape index (κ1) is 10.2. The van der Waals surface area contributed by atoms with Gasteiger partial charge in [0.15, 0.2) is 5.69 Å². The number of rotatable bonds is 2. The number of nitrogens with two attached hydrogens (primary N) is 1. The standard InChI is InChI=1S/C10H10N4O2/c1-7-9(10(11)15)12-13(14(7)16)8-5-3-2-4-6-8/h2-6H,1H3,(H2,11,15). The predicted octanol–water partition coefficient (Wildman–Crippen LogP) is -0.0870. The fraction of sp³-hybridized carbons (Fsp3) is 0.100. The Labute approximate surface area is 91.5 Å². The van der Waals surface area contributed by atoms with Gasteiger partial charge in [-0.05, 0) is 16.9 Å². The quantitative estimate of drug-likeness (QED) is 0.564. The van der Waals surface area contributed by atoms with Crippen molar-refractivity contribution in [2.75, 3.05) is 0 Å². The van der Waals surface area contributed by atoms with Gasteiger partial charge in [0.05, 0.1) is 5.10 Å². The van der Waals surface area contributed by atoms with Gasteiger partial charge in [-0.2, -0.15) is 0 Å². The Kier molecular flexibility index (Phi) is 2.32. The lowest BCUT2D eigenvalue weighted by Gasteiger charge is -2.03. The zero-order chi connectivity index (χ0) is 11.7. The van der Waals surface area contributed by atoms with Crippen molar-refractivity contribution in [3.05, 3.63) is 46.9 Å². The van der Waals surface area contributed by atoms with Gasteiger partial charge in [-0.3, -0.25) is 4.79 Å². The number of carbonyl (C=O) groups is 1. The Morgan fingerprint density at radius 1 is 1.44 bits per heavy atom. The van der Waals surface area contributed by atoms with Gasteiger partial charge in [-0.1, -0.05) is 18.2 Å². The third kappa shape index (κ3) is 1.50. The first-order valence-electron chi connectivity index (χ1n) is 4.66. The summed E-state index contributed by atoms with van der Waals surface area (Å²) in [6.07, 6.45) is 0. The van der Waals surface area contributed by atoms with E-state index >= 15 is 0 Å². The highest BCUT2D eigenvalue weighted by Crippen LogP contribution is 2.05. The maximum Gasteiger partial charge on any atom is 0.309 e. The average Bonchev–Trinajstić information content (AvgIpc) is 2.58. The van der Waals surface area contributed by atoms with Gasteiger partial charge < -0.3 is 10.9 Å². The van der Waals surface area contributed by atoms with E-state index in [9.17, 15) is 10.0 Å². The summed E-state index contributed by atoms with van der Waals surface area (Å²) in [6.45, 7) is 1.50. The van der Waals surface area contributed by atoms with E-state index in [1.807, 2.05) is 6.07 Å². The van der Waals surface area contributed by atoms with E-state index in [-0.39, 0.29) is 11.4 Å². The number of benzene rings is 1. The lowest BCUT2D eigenvalue weighted by molar-refractivity contribution is -0.694. The van der Waals surface area contributed by atoms with Gasteiger partial charge in [0.2, 0.25) is 0 Å². The molecule has 0 unspecified atom stereocenters. The van der Waals surface area contributed by atoms with Crippen LogP contribution in [0.15, 0.2) is 30.3 Å². The van der Waals surface area contributed by atoms with Crippen LogP contribution in [0.3, 0.4) is 0 Å². The van der Waals surface area contributed by atoms with Crippen LogP contribution in [0.25, 0.3) is 5.69 Å². The summed E-state index contributed by atoms with van der Waals surface area (Å²) >= 11 is 0. The SMILES string of the molecule is Cc1c(C(N)=O)nn(-c2ccccc2)[n+]1[O-]. The van der Waals surface area contributed by atoms with Gasteiger partial charge in [-0.25, -0.2) is 0 Å². The zero-order valence-corrected chi connectivity index (χ0v) is 8.62. The van der Waals surface area contributed by atoms with Gasteiger partial charge in [0.1, 0.15) is 5.69 Å². The minimum absolute atomic E-state index is 0.0150. The van der Waals surface area contributed by atoms with E-state index in [0.29, 0.717) is 10.5 Å². The minimum atomic E-state index is -0.711. The molecule has 1 heterocycles. The summed E-state index contributed by atoms with van der Waals surface area (Å²) in [5.41, 5.74) is 5.86. The number of primary amides is 1. The number of hydrogen-bond acceptors (Lipinski definition) is 3. The summed E-state index contributed by atoms with van der Waals surface area (Å²) in [7, 11) is 0. The second-order valence-corrected chi connectivity index (χ2v) is 3.30. The smallest absolute Gasteiger partial charge is 0.309 e. The second kappa shape index (κ2) is 3.65. The summed E-state index contributed by atoms with van der Waals surface area (Å²) < 4.78 is 0. The monoisotopic (exact) mass is 218 g/mol. The summed E-state index contributed by atoms with van der Waals surface area (Å²) in [6, 6.07) is 8.80. The molecule has 2 aromatic rings. The molecular weight excluding hydrogens is 208 g/mol. The number of aromatic nitrogens is 3. The van der Waals surface area contributed by atoms with Crippen molar-refractivity contribution in [3.8, 4) is 5.69 Å². The first-order valence-corrected chi connectivity index (χ1v) is 4.66. The molecule has 2 N–H and O–H groups in total. The Bertz CT molecular complexity index is 533. The van der Waals surface area contributed by atoms with Crippen LogP contribution in [-0.2, 0) is 0 Å². The molecule has 82 valence electrons. The molecule has 0 radical (unpaired) electrons. The average molecular weight is 218 g/mol. The number of carbonyl (C=O) groups excluding carboxylic acids is 1. The van der Waals surface area contributed by atoms with Gasteiger partial charge in [0, 0.05) is 6.92 Å². The van der Waals surface area contributed by atoms with Crippen LogP contribution >= 0.6 is 0 Å². The molecule has 1 aromatic carbocycles. The number of amides is 1. The van der Waals surface area contributed by atoms with Gasteiger partial charge in [-0.15, -0.1) is 4.85 Å². The van der Waals surface area contributed by atoms with Crippen molar-refractivity contribution < 1.29 is 9.64 Å². The van der Waals surface area contributed by atoms with E-state index in [4.69, 9.17) is 5.73 Å². The fourth-order valence-electron chi connectivity index (χ4n) is 1.39. The molecular formula is C10H10N4O2. The maximum atomic E-state index is 11.7. The van der Waals surface area contributed by atoms with Crippen LogP contribution < -0.4 is 10.6 Å². The lowest BCUT2D eigenvalue weighted by atomic mass is 10.3. The van der Waals surface area contributed by atoms with E-state index in [1.54, 1.807) is 24.3 Å². The Hall–Kier alpha value is -2.37. The van der Waals surface area contributed by atoms with Crippen molar-refractivity contribution in [2.45, 2.75) is 6.92 Å². The predicted molar refractivity (Wildman–Crippen MR) is 55.8 cm³/mol. The second-order valence-electron chi connectivity index (χ2n) is 3.30. The van der Waals surface area contributed by atoms with Crippen LogP contribution in [0.2, 0.25) is 0 Å². The van der Waals surface area contributed by atoms with Gasteiger partial charge in [0.25, 0.3) is 5.91 Å². The van der Waals surface area contributed by atoms with E-state index in [0.717, 1.165) is 4.80 Å². The Balaban J connectivity index is 2.60. The molecule has 0 fully saturated rings. The number of hydrogen-bond donors (Lipinski definition) is 1. The van der Waals surface area contributed by atoms with Crippen LogP contribution in [0.4, 0.5) is 0 Å². The minimum Gasteiger partial charge on any atom is -0.692 e. The molecule has 6 heteroatoms. The first-order chi connectivity index (χ1) is 7.61. The molecule has 0 saturated carbocycles. The molecule has 0 aliphatic carbocycles. The van der Waals surface area contributed by atoms with Crippen molar-refractivity contribution in [3.63, 3.8) is 0 Å². The maximum absolute atomic E-state index is 11.7. The van der Waals surface area contributed by atoms with E-state index in [1.165, 1.54) is 6.92 Å². The van der Waals surface area contributed by atoms with E-state index in [2.05, 4.69) is 5.10 Å². The van der Waals surface area contributed by atoms with Crippen molar-refractivity contribution >= 4 is 5.91 Å². The lowest BCUT2D eigenvalue weighted by Crippen LogP contribution is -2.39. The highest BCUT2D eigenvalue weighted by molar-refractivity contribution is 5.91.